The number of aliphatic hydroxyl groups excluding tert-OH is 2. The first-order chi connectivity index (χ1) is 33.7. The molecule has 0 aliphatic carbocycles. The highest BCUT2D eigenvalue weighted by atomic mass is 16.3. The van der Waals surface area contributed by atoms with Crippen LogP contribution in [0.5, 0.6) is 0 Å². The fourth-order valence-corrected chi connectivity index (χ4v) is 9.58. The predicted molar refractivity (Wildman–Crippen MR) is 304 cm³/mol. The molecule has 0 aliphatic heterocycles. The molecule has 0 saturated heterocycles. The van der Waals surface area contributed by atoms with Crippen LogP contribution in [0.2, 0.25) is 0 Å². The molecular weight excluding hydrogens is 831 g/mol. The van der Waals surface area contributed by atoms with E-state index in [1.165, 1.54) is 276 Å². The fourth-order valence-electron chi connectivity index (χ4n) is 9.58. The zero-order valence-corrected chi connectivity index (χ0v) is 46.1. The van der Waals surface area contributed by atoms with Crippen molar-refractivity contribution in [2.24, 2.45) is 0 Å². The molecule has 0 spiro atoms. The topological polar surface area (TPSA) is 69.6 Å². The molecule has 0 aromatic rings. The number of carbonyl (C=O) groups is 1. The number of unbranched alkanes of at least 4 members (excludes halogenated alkanes) is 44. The Labute approximate surface area is 426 Å². The molecule has 0 rings (SSSR count). The summed E-state index contributed by atoms with van der Waals surface area (Å²) in [5, 5.41) is 23.2. The van der Waals surface area contributed by atoms with Gasteiger partial charge in [0.05, 0.1) is 18.8 Å². The van der Waals surface area contributed by atoms with Gasteiger partial charge in [-0.25, -0.2) is 0 Å². The molecule has 0 aromatic heterocycles. The number of rotatable bonds is 57. The molecule has 3 N–H and O–H groups in total. The van der Waals surface area contributed by atoms with E-state index >= 15 is 0 Å². The van der Waals surface area contributed by atoms with E-state index < -0.39 is 12.1 Å². The van der Waals surface area contributed by atoms with Crippen LogP contribution in [0.15, 0.2) is 48.6 Å². The first-order valence-electron chi connectivity index (χ1n) is 30.9. The van der Waals surface area contributed by atoms with Gasteiger partial charge in [-0.2, -0.15) is 0 Å². The monoisotopic (exact) mass is 952 g/mol. The van der Waals surface area contributed by atoms with E-state index in [0.29, 0.717) is 6.42 Å². The Morgan fingerprint density at radius 1 is 0.353 bits per heavy atom. The number of carbonyl (C=O) groups excluding carboxylic acids is 1. The van der Waals surface area contributed by atoms with Gasteiger partial charge in [0.25, 0.3) is 0 Å². The van der Waals surface area contributed by atoms with E-state index in [2.05, 4.69) is 55.6 Å². The molecule has 400 valence electrons. The Kier molecular flexibility index (Phi) is 58.2. The number of hydrogen-bond acceptors (Lipinski definition) is 3. The highest BCUT2D eigenvalue weighted by Crippen LogP contribution is 2.18. The van der Waals surface area contributed by atoms with E-state index in [1.807, 2.05) is 6.08 Å². The summed E-state index contributed by atoms with van der Waals surface area (Å²) >= 11 is 0. The summed E-state index contributed by atoms with van der Waals surface area (Å²) in [5.41, 5.74) is 0. The number of hydrogen-bond donors (Lipinski definition) is 3. The summed E-state index contributed by atoms with van der Waals surface area (Å²) in [4.78, 5) is 12.5. The van der Waals surface area contributed by atoms with Gasteiger partial charge in [0.15, 0.2) is 0 Å². The van der Waals surface area contributed by atoms with Crippen molar-refractivity contribution in [2.45, 2.75) is 347 Å². The second-order valence-electron chi connectivity index (χ2n) is 21.1. The van der Waals surface area contributed by atoms with E-state index in [4.69, 9.17) is 0 Å². The zero-order valence-electron chi connectivity index (χ0n) is 46.1. The zero-order chi connectivity index (χ0) is 49.2. The molecule has 0 radical (unpaired) electrons. The van der Waals surface area contributed by atoms with E-state index in [0.717, 1.165) is 38.5 Å². The lowest BCUT2D eigenvalue weighted by molar-refractivity contribution is -0.123. The molecule has 4 nitrogen and oxygen atoms in total. The van der Waals surface area contributed by atoms with Crippen molar-refractivity contribution in [3.63, 3.8) is 0 Å². The minimum absolute atomic E-state index is 0.0679. The average molecular weight is 953 g/mol. The second kappa shape index (κ2) is 59.7. The summed E-state index contributed by atoms with van der Waals surface area (Å²) in [6.45, 7) is 4.32. The SMILES string of the molecule is CCCCCCC/C=C\C/C=C\CCCCCCCCCCCCCCCCCCCCCCCCCC(=O)NC(CO)C(O)/C=C/CC/C=C/CCCCCCCCCCCCCCCCC. The molecule has 2 atom stereocenters. The summed E-state index contributed by atoms with van der Waals surface area (Å²) in [5.74, 6) is -0.0679. The van der Waals surface area contributed by atoms with E-state index in [9.17, 15) is 15.0 Å². The van der Waals surface area contributed by atoms with Gasteiger partial charge in [-0.05, 0) is 64.2 Å². The Bertz CT molecular complexity index is 1080. The number of amides is 1. The highest BCUT2D eigenvalue weighted by Gasteiger charge is 2.18. The Hall–Kier alpha value is -1.65. The van der Waals surface area contributed by atoms with Crippen molar-refractivity contribution in [2.75, 3.05) is 6.61 Å². The maximum absolute atomic E-state index is 12.5. The van der Waals surface area contributed by atoms with Gasteiger partial charge in [-0.1, -0.05) is 313 Å². The molecular formula is C64H121NO3. The largest absolute Gasteiger partial charge is 0.394 e. The molecule has 1 amide bonds. The van der Waals surface area contributed by atoms with Gasteiger partial charge >= 0.3 is 0 Å². The van der Waals surface area contributed by atoms with Crippen molar-refractivity contribution in [1.29, 1.82) is 0 Å². The molecule has 0 fully saturated rings. The lowest BCUT2D eigenvalue weighted by Crippen LogP contribution is -2.45. The molecule has 2 unspecified atom stereocenters. The molecule has 0 aromatic carbocycles. The minimum Gasteiger partial charge on any atom is -0.394 e. The van der Waals surface area contributed by atoms with E-state index in [-0.39, 0.29) is 12.5 Å². The third-order valence-electron chi connectivity index (χ3n) is 14.3. The standard InChI is InChI=1S/C64H121NO3/c1-3-5-7-9-11-13-15-17-19-21-23-25-26-27-28-29-30-31-32-33-34-35-36-37-38-40-42-44-46-48-50-52-54-56-58-60-64(68)65-62(61-66)63(67)59-57-55-53-51-49-47-45-43-41-39-24-22-20-18-16-14-12-10-8-6-4-2/h15,17,21,23,49,51,57,59,62-63,66-67H,3-14,16,18-20,22,24-48,50,52-56,58,60-61H2,1-2H3,(H,65,68)/b17-15-,23-21-,51-49+,59-57+. The summed E-state index contributed by atoms with van der Waals surface area (Å²) in [7, 11) is 0. The molecule has 0 bridgehead atoms. The Balaban J connectivity index is 3.45. The van der Waals surface area contributed by atoms with Crippen molar-refractivity contribution in [1.82, 2.24) is 5.32 Å². The Morgan fingerprint density at radius 2 is 0.618 bits per heavy atom. The first kappa shape index (κ1) is 66.3. The lowest BCUT2D eigenvalue weighted by Gasteiger charge is -2.19. The van der Waals surface area contributed by atoms with Gasteiger partial charge < -0.3 is 15.5 Å². The maximum atomic E-state index is 12.5. The van der Waals surface area contributed by atoms with Crippen LogP contribution in [0.1, 0.15) is 335 Å². The summed E-state index contributed by atoms with van der Waals surface area (Å²) < 4.78 is 0. The molecule has 0 aliphatic rings. The maximum Gasteiger partial charge on any atom is 0.220 e. The number of aliphatic hydroxyl groups is 2. The minimum atomic E-state index is -0.862. The smallest absolute Gasteiger partial charge is 0.220 e. The quantitative estimate of drug-likeness (QED) is 0.0420. The van der Waals surface area contributed by atoms with Crippen LogP contribution in [0.3, 0.4) is 0 Å². The van der Waals surface area contributed by atoms with Crippen molar-refractivity contribution >= 4 is 5.91 Å². The fraction of sp³-hybridized carbons (Fsp3) is 0.859. The second-order valence-corrected chi connectivity index (χ2v) is 21.1. The van der Waals surface area contributed by atoms with Gasteiger partial charge in [0.2, 0.25) is 5.91 Å². The normalized spacial score (nSPS) is 13.1. The van der Waals surface area contributed by atoms with Crippen LogP contribution < -0.4 is 5.32 Å². The van der Waals surface area contributed by atoms with Crippen LogP contribution >= 0.6 is 0 Å². The molecule has 0 heterocycles. The highest BCUT2D eigenvalue weighted by molar-refractivity contribution is 5.76. The average Bonchev–Trinajstić information content (AvgIpc) is 3.34. The molecule has 68 heavy (non-hydrogen) atoms. The predicted octanol–water partition coefficient (Wildman–Crippen LogP) is 20.6. The number of allylic oxidation sites excluding steroid dienone is 7. The van der Waals surface area contributed by atoms with Crippen LogP contribution in [0, 0.1) is 0 Å². The Morgan fingerprint density at radius 3 is 0.941 bits per heavy atom. The van der Waals surface area contributed by atoms with Gasteiger partial charge in [-0.15, -0.1) is 0 Å². The van der Waals surface area contributed by atoms with Gasteiger partial charge in [-0.3, -0.25) is 4.79 Å². The third kappa shape index (κ3) is 55.3. The summed E-state index contributed by atoms with van der Waals surface area (Å²) in [6, 6.07) is -0.639. The molecule has 4 heteroatoms. The van der Waals surface area contributed by atoms with Gasteiger partial charge in [0, 0.05) is 6.42 Å². The lowest BCUT2D eigenvalue weighted by atomic mass is 10.0. The van der Waals surface area contributed by atoms with Crippen molar-refractivity contribution in [3.05, 3.63) is 48.6 Å². The first-order valence-corrected chi connectivity index (χ1v) is 30.9. The number of nitrogens with one attached hydrogen (secondary N) is 1. The van der Waals surface area contributed by atoms with E-state index in [1.54, 1.807) is 6.08 Å². The molecule has 0 saturated carbocycles. The van der Waals surface area contributed by atoms with Crippen LogP contribution in [-0.4, -0.2) is 34.9 Å². The van der Waals surface area contributed by atoms with Crippen molar-refractivity contribution in [3.8, 4) is 0 Å². The van der Waals surface area contributed by atoms with Crippen LogP contribution in [0.4, 0.5) is 0 Å². The van der Waals surface area contributed by atoms with Gasteiger partial charge in [0.1, 0.15) is 0 Å². The summed E-state index contributed by atoms with van der Waals surface area (Å²) in [6.07, 6.45) is 83.1. The third-order valence-corrected chi connectivity index (χ3v) is 14.3. The van der Waals surface area contributed by atoms with Crippen LogP contribution in [0.25, 0.3) is 0 Å². The van der Waals surface area contributed by atoms with Crippen LogP contribution in [-0.2, 0) is 4.79 Å². The van der Waals surface area contributed by atoms with Crippen molar-refractivity contribution < 1.29 is 15.0 Å².